The van der Waals surface area contributed by atoms with E-state index in [1.807, 2.05) is 6.92 Å². The van der Waals surface area contributed by atoms with Crippen molar-refractivity contribution in [1.29, 1.82) is 0 Å². The van der Waals surface area contributed by atoms with Gasteiger partial charge in [0.25, 0.3) is 0 Å². The first-order chi connectivity index (χ1) is 9.19. The molecular weight excluding hydrogens is 245 g/mol. The number of aryl methyl sites for hydroxylation is 1. The molecule has 5 heteroatoms. The molecule has 0 aliphatic carbocycles. The molecule has 0 saturated carbocycles. The molecule has 4 nitrogen and oxygen atoms in total. The number of benzene rings is 1. The number of ether oxygens (including phenoxy) is 1. The smallest absolute Gasteiger partial charge is 0.220 e. The molecule has 0 aliphatic rings. The van der Waals surface area contributed by atoms with Crippen LogP contribution in [0.2, 0.25) is 0 Å². The predicted octanol–water partition coefficient (Wildman–Crippen LogP) is 2.22. The van der Waals surface area contributed by atoms with Gasteiger partial charge in [-0.3, -0.25) is 0 Å². The Hall–Kier alpha value is -1.88. The van der Waals surface area contributed by atoms with Gasteiger partial charge in [0.05, 0.1) is 12.8 Å². The molecule has 0 aliphatic heterocycles. The summed E-state index contributed by atoms with van der Waals surface area (Å²) in [5, 5.41) is 4.38. The molecule has 2 rings (SSSR count). The quantitative estimate of drug-likeness (QED) is 0.900. The Labute approximate surface area is 112 Å². The number of hydrogen-bond acceptors (Lipinski definition) is 3. The monoisotopic (exact) mass is 263 g/mol. The number of methoxy groups -OCH3 is 1. The van der Waals surface area contributed by atoms with Crippen molar-refractivity contribution in [3.05, 3.63) is 41.3 Å². The molecule has 2 aromatic rings. The van der Waals surface area contributed by atoms with Gasteiger partial charge >= 0.3 is 0 Å². The van der Waals surface area contributed by atoms with Crippen LogP contribution in [0.1, 0.15) is 17.7 Å². The van der Waals surface area contributed by atoms with Gasteiger partial charge in [-0.05, 0) is 38.4 Å². The second-order valence-electron chi connectivity index (χ2n) is 4.33. The van der Waals surface area contributed by atoms with Crippen LogP contribution >= 0.6 is 0 Å². The van der Waals surface area contributed by atoms with Crippen molar-refractivity contribution in [3.63, 3.8) is 0 Å². The highest BCUT2D eigenvalue weighted by molar-refractivity contribution is 5.42. The lowest BCUT2D eigenvalue weighted by atomic mass is 10.1. The zero-order valence-corrected chi connectivity index (χ0v) is 11.2. The Balaban J connectivity index is 2.50. The summed E-state index contributed by atoms with van der Waals surface area (Å²) >= 11 is 0. The van der Waals surface area contributed by atoms with Crippen molar-refractivity contribution in [2.45, 2.75) is 19.8 Å². The van der Waals surface area contributed by atoms with E-state index >= 15 is 0 Å². The van der Waals surface area contributed by atoms with E-state index in [0.29, 0.717) is 18.1 Å². The first kappa shape index (κ1) is 13.5. The second kappa shape index (κ2) is 5.84. The Bertz CT molecular complexity index is 566. The summed E-state index contributed by atoms with van der Waals surface area (Å²) in [6.45, 7) is 2.50. The van der Waals surface area contributed by atoms with E-state index in [1.54, 1.807) is 25.3 Å². The highest BCUT2D eigenvalue weighted by Gasteiger charge is 2.18. The molecule has 1 heterocycles. The van der Waals surface area contributed by atoms with Crippen molar-refractivity contribution < 1.29 is 9.13 Å². The third-order valence-electron chi connectivity index (χ3n) is 3.04. The maximum absolute atomic E-state index is 13.8. The Morgan fingerprint density at radius 1 is 1.37 bits per heavy atom. The molecule has 1 aromatic heterocycles. The lowest BCUT2D eigenvalue weighted by Gasteiger charge is -2.08. The molecule has 0 saturated heterocycles. The fourth-order valence-electron chi connectivity index (χ4n) is 2.10. The summed E-state index contributed by atoms with van der Waals surface area (Å²) in [4.78, 5) is 0. The van der Waals surface area contributed by atoms with Crippen LogP contribution in [-0.2, 0) is 6.42 Å². The van der Waals surface area contributed by atoms with E-state index in [2.05, 4.69) is 5.10 Å². The van der Waals surface area contributed by atoms with Crippen molar-refractivity contribution in [2.24, 2.45) is 5.73 Å². The van der Waals surface area contributed by atoms with Gasteiger partial charge in [-0.2, -0.15) is 9.78 Å². The highest BCUT2D eigenvalue weighted by atomic mass is 19.1. The van der Waals surface area contributed by atoms with E-state index in [9.17, 15) is 4.39 Å². The third-order valence-corrected chi connectivity index (χ3v) is 3.04. The third kappa shape index (κ3) is 2.61. The van der Waals surface area contributed by atoms with Gasteiger partial charge in [0, 0.05) is 5.56 Å². The lowest BCUT2D eigenvalue weighted by Crippen LogP contribution is -2.04. The van der Waals surface area contributed by atoms with Crippen LogP contribution in [0, 0.1) is 12.7 Å². The maximum Gasteiger partial charge on any atom is 0.220 e. The van der Waals surface area contributed by atoms with Crippen LogP contribution in [0.3, 0.4) is 0 Å². The van der Waals surface area contributed by atoms with Gasteiger partial charge in [0.1, 0.15) is 11.5 Å². The highest BCUT2D eigenvalue weighted by Crippen LogP contribution is 2.27. The molecule has 102 valence electrons. The maximum atomic E-state index is 13.8. The first-order valence-electron chi connectivity index (χ1n) is 6.26. The number of halogens is 1. The number of aromatic nitrogens is 2. The van der Waals surface area contributed by atoms with Gasteiger partial charge in [-0.25, -0.2) is 4.39 Å². The van der Waals surface area contributed by atoms with Gasteiger partial charge in [-0.1, -0.05) is 12.1 Å². The van der Waals surface area contributed by atoms with Crippen LogP contribution in [0.4, 0.5) is 4.39 Å². The molecule has 0 amide bonds. The lowest BCUT2D eigenvalue weighted by molar-refractivity contribution is 0.377. The number of rotatable bonds is 5. The van der Waals surface area contributed by atoms with Crippen LogP contribution in [0.15, 0.2) is 24.3 Å². The van der Waals surface area contributed by atoms with Gasteiger partial charge in [0.15, 0.2) is 0 Å². The summed E-state index contributed by atoms with van der Waals surface area (Å²) in [7, 11) is 1.57. The Kier molecular flexibility index (Phi) is 4.16. The van der Waals surface area contributed by atoms with Crippen molar-refractivity contribution in [1.82, 2.24) is 9.78 Å². The van der Waals surface area contributed by atoms with E-state index in [1.165, 1.54) is 10.7 Å². The summed E-state index contributed by atoms with van der Waals surface area (Å²) < 4.78 is 20.8. The summed E-state index contributed by atoms with van der Waals surface area (Å²) in [6.07, 6.45) is 1.63. The minimum Gasteiger partial charge on any atom is -0.481 e. The molecule has 0 atom stereocenters. The molecule has 0 spiro atoms. The SMILES string of the molecule is COc1c(CCCN)c(C)nn1-c1ccccc1F. The number of para-hydroxylation sites is 1. The fourth-order valence-corrected chi connectivity index (χ4v) is 2.10. The summed E-state index contributed by atoms with van der Waals surface area (Å²) in [6, 6.07) is 6.51. The predicted molar refractivity (Wildman–Crippen MR) is 72.2 cm³/mol. The molecule has 2 N–H and O–H groups in total. The molecule has 19 heavy (non-hydrogen) atoms. The molecule has 0 unspecified atom stereocenters. The Morgan fingerprint density at radius 3 is 2.74 bits per heavy atom. The minimum atomic E-state index is -0.325. The molecule has 0 bridgehead atoms. The van der Waals surface area contributed by atoms with E-state index in [0.717, 1.165) is 24.1 Å². The second-order valence-corrected chi connectivity index (χ2v) is 4.33. The largest absolute Gasteiger partial charge is 0.481 e. The van der Waals surface area contributed by atoms with E-state index in [-0.39, 0.29) is 5.82 Å². The van der Waals surface area contributed by atoms with Crippen LogP contribution in [-0.4, -0.2) is 23.4 Å². The van der Waals surface area contributed by atoms with Crippen molar-refractivity contribution in [2.75, 3.05) is 13.7 Å². The van der Waals surface area contributed by atoms with Crippen molar-refractivity contribution >= 4 is 0 Å². The van der Waals surface area contributed by atoms with Gasteiger partial charge in [0.2, 0.25) is 5.88 Å². The molecular formula is C14H18FN3O. The van der Waals surface area contributed by atoms with Gasteiger partial charge < -0.3 is 10.5 Å². The molecule has 1 aromatic carbocycles. The molecule has 0 radical (unpaired) electrons. The van der Waals surface area contributed by atoms with Crippen LogP contribution in [0.25, 0.3) is 5.69 Å². The van der Waals surface area contributed by atoms with Gasteiger partial charge in [-0.15, -0.1) is 0 Å². The first-order valence-corrected chi connectivity index (χ1v) is 6.26. The normalized spacial score (nSPS) is 10.7. The number of nitrogens with zero attached hydrogens (tertiary/aromatic N) is 2. The Morgan fingerprint density at radius 2 is 2.11 bits per heavy atom. The van der Waals surface area contributed by atoms with Crippen LogP contribution < -0.4 is 10.5 Å². The fraction of sp³-hybridized carbons (Fsp3) is 0.357. The standard InChI is InChI=1S/C14H18FN3O/c1-10-11(6-5-9-16)14(19-2)18(17-10)13-8-4-3-7-12(13)15/h3-4,7-8H,5-6,9,16H2,1-2H3. The zero-order chi connectivity index (χ0) is 13.8. The number of hydrogen-bond donors (Lipinski definition) is 1. The van der Waals surface area contributed by atoms with E-state index in [4.69, 9.17) is 10.5 Å². The summed E-state index contributed by atoms with van der Waals surface area (Å²) in [5.74, 6) is 0.254. The topological polar surface area (TPSA) is 53.1 Å². The minimum absolute atomic E-state index is 0.325. The summed E-state index contributed by atoms with van der Waals surface area (Å²) in [5.41, 5.74) is 7.75. The molecule has 0 fully saturated rings. The number of nitrogens with two attached hydrogens (primary N) is 1. The van der Waals surface area contributed by atoms with Crippen LogP contribution in [0.5, 0.6) is 5.88 Å². The average Bonchev–Trinajstić information content (AvgIpc) is 2.73. The van der Waals surface area contributed by atoms with E-state index < -0.39 is 0 Å². The zero-order valence-electron chi connectivity index (χ0n) is 11.2. The van der Waals surface area contributed by atoms with Crippen molar-refractivity contribution in [3.8, 4) is 11.6 Å². The average molecular weight is 263 g/mol.